The molecule has 5 nitrogen and oxygen atoms in total. The lowest BCUT2D eigenvalue weighted by atomic mass is 10.0. The summed E-state index contributed by atoms with van der Waals surface area (Å²) in [5.74, 6) is -0.0680. The van der Waals surface area contributed by atoms with Gasteiger partial charge >= 0.3 is 0 Å². The zero-order chi connectivity index (χ0) is 16.2. The van der Waals surface area contributed by atoms with Crippen LogP contribution in [0.25, 0.3) is 10.8 Å². The van der Waals surface area contributed by atoms with Crippen LogP contribution in [-0.4, -0.2) is 41.5 Å². The van der Waals surface area contributed by atoms with E-state index in [9.17, 15) is 9.59 Å². The average molecular weight is 350 g/mol. The molecule has 0 aliphatic carbocycles. The van der Waals surface area contributed by atoms with Crippen molar-refractivity contribution in [1.29, 1.82) is 0 Å². The third kappa shape index (κ3) is 3.79. The fourth-order valence-electron chi connectivity index (χ4n) is 3.29. The van der Waals surface area contributed by atoms with Gasteiger partial charge in [0.25, 0.3) is 11.5 Å². The molecule has 0 bridgehead atoms. The van der Waals surface area contributed by atoms with Gasteiger partial charge in [0.2, 0.25) is 0 Å². The predicted molar refractivity (Wildman–Crippen MR) is 99.0 cm³/mol. The van der Waals surface area contributed by atoms with E-state index in [-0.39, 0.29) is 29.9 Å². The van der Waals surface area contributed by atoms with Crippen molar-refractivity contribution in [2.24, 2.45) is 0 Å². The lowest BCUT2D eigenvalue weighted by molar-refractivity contribution is 0.0636. The van der Waals surface area contributed by atoms with Crippen LogP contribution in [0.5, 0.6) is 0 Å². The smallest absolute Gasteiger partial charge is 0.270 e. The molecule has 1 aromatic heterocycles. The van der Waals surface area contributed by atoms with Crippen molar-refractivity contribution in [2.45, 2.75) is 32.2 Å². The molecule has 0 atom stereocenters. The number of benzene rings is 1. The minimum atomic E-state index is -0.201. The monoisotopic (exact) mass is 349 g/mol. The third-order valence-corrected chi connectivity index (χ3v) is 4.46. The maximum absolute atomic E-state index is 13.0. The van der Waals surface area contributed by atoms with Gasteiger partial charge in [-0.15, -0.1) is 12.4 Å². The first-order chi connectivity index (χ1) is 11.2. The number of H-pyrrole nitrogens is 1. The van der Waals surface area contributed by atoms with E-state index in [1.54, 1.807) is 12.1 Å². The Labute approximate surface area is 147 Å². The van der Waals surface area contributed by atoms with Crippen LogP contribution in [-0.2, 0) is 0 Å². The molecular weight excluding hydrogens is 326 g/mol. The number of carbonyl (C=O) groups excluding carboxylic acids is 1. The first kappa shape index (κ1) is 18.5. The highest BCUT2D eigenvalue weighted by molar-refractivity contribution is 5.96. The van der Waals surface area contributed by atoms with Crippen molar-refractivity contribution in [2.75, 3.05) is 19.6 Å². The quantitative estimate of drug-likeness (QED) is 0.891. The molecule has 1 aliphatic rings. The molecule has 2 aromatic rings. The second-order valence-corrected chi connectivity index (χ2v) is 6.08. The van der Waals surface area contributed by atoms with Crippen LogP contribution in [0.1, 0.15) is 36.7 Å². The van der Waals surface area contributed by atoms with Gasteiger partial charge in [-0.2, -0.15) is 0 Å². The fraction of sp³-hybridized carbons (Fsp3) is 0.444. The summed E-state index contributed by atoms with van der Waals surface area (Å²) in [4.78, 5) is 29.9. The van der Waals surface area contributed by atoms with E-state index in [1.165, 1.54) is 0 Å². The number of halogens is 1. The Hall–Kier alpha value is -1.85. The highest BCUT2D eigenvalue weighted by Gasteiger charge is 2.26. The maximum Gasteiger partial charge on any atom is 0.270 e. The summed E-state index contributed by atoms with van der Waals surface area (Å²) in [5, 5.41) is 4.75. The van der Waals surface area contributed by atoms with E-state index < -0.39 is 0 Å². The van der Waals surface area contributed by atoms with E-state index in [4.69, 9.17) is 0 Å². The Morgan fingerprint density at radius 2 is 1.96 bits per heavy atom. The fourth-order valence-corrected chi connectivity index (χ4v) is 3.29. The number of hydrogen-bond donors (Lipinski definition) is 2. The van der Waals surface area contributed by atoms with Gasteiger partial charge in [-0.1, -0.05) is 25.1 Å². The zero-order valence-corrected chi connectivity index (χ0v) is 14.7. The summed E-state index contributed by atoms with van der Waals surface area (Å²) in [5.41, 5.74) is 0.189. The number of amides is 1. The molecule has 1 saturated heterocycles. The number of pyridine rings is 1. The maximum atomic E-state index is 13.0. The Bertz CT molecular complexity index is 753. The number of hydrogen-bond acceptors (Lipinski definition) is 3. The minimum Gasteiger partial charge on any atom is -0.334 e. The molecule has 0 unspecified atom stereocenters. The van der Waals surface area contributed by atoms with E-state index in [1.807, 2.05) is 23.1 Å². The summed E-state index contributed by atoms with van der Waals surface area (Å²) in [6.45, 7) is 4.67. The number of aromatic nitrogens is 1. The number of carbonyl (C=O) groups is 1. The molecule has 1 aromatic carbocycles. The molecule has 1 amide bonds. The van der Waals surface area contributed by atoms with Crippen molar-refractivity contribution in [1.82, 2.24) is 15.2 Å². The number of fused-ring (bicyclic) bond motifs is 1. The number of piperidine rings is 1. The predicted octanol–water partition coefficient (Wildman–Crippen LogP) is 2.55. The molecule has 1 aliphatic heterocycles. The van der Waals surface area contributed by atoms with Crippen molar-refractivity contribution in [3.63, 3.8) is 0 Å². The minimum absolute atomic E-state index is 0. The van der Waals surface area contributed by atoms with Gasteiger partial charge < -0.3 is 15.2 Å². The first-order valence-corrected chi connectivity index (χ1v) is 8.34. The number of aromatic amines is 1. The molecule has 2 N–H and O–H groups in total. The summed E-state index contributed by atoms with van der Waals surface area (Å²) in [7, 11) is 0. The van der Waals surface area contributed by atoms with Gasteiger partial charge in [0.1, 0.15) is 5.69 Å². The van der Waals surface area contributed by atoms with Gasteiger partial charge in [0.15, 0.2) is 0 Å². The summed E-state index contributed by atoms with van der Waals surface area (Å²) < 4.78 is 0. The second kappa shape index (κ2) is 8.31. The first-order valence-electron chi connectivity index (χ1n) is 8.34. The van der Waals surface area contributed by atoms with Crippen LogP contribution in [0.15, 0.2) is 35.1 Å². The molecule has 6 heteroatoms. The molecule has 0 radical (unpaired) electrons. The van der Waals surface area contributed by atoms with Crippen LogP contribution in [0.4, 0.5) is 0 Å². The van der Waals surface area contributed by atoms with Gasteiger partial charge in [-0.3, -0.25) is 9.59 Å². The van der Waals surface area contributed by atoms with Crippen LogP contribution < -0.4 is 10.9 Å². The molecule has 2 heterocycles. The average Bonchev–Trinajstić information content (AvgIpc) is 2.60. The van der Waals surface area contributed by atoms with Crippen LogP contribution in [0, 0.1) is 0 Å². The Morgan fingerprint density at radius 1 is 1.25 bits per heavy atom. The molecular formula is C18H24ClN3O2. The topological polar surface area (TPSA) is 65.2 Å². The molecule has 24 heavy (non-hydrogen) atoms. The van der Waals surface area contributed by atoms with E-state index >= 15 is 0 Å². The SMILES string of the molecule is CCCN(C(=O)c1cc2ccccc2c(=O)[nH]1)C1CCNCC1.Cl. The van der Waals surface area contributed by atoms with E-state index in [2.05, 4.69) is 17.2 Å². The van der Waals surface area contributed by atoms with Gasteiger partial charge in [0.05, 0.1) is 0 Å². The van der Waals surface area contributed by atoms with Gasteiger partial charge in [-0.25, -0.2) is 0 Å². The lowest BCUT2D eigenvalue weighted by Crippen LogP contribution is -2.47. The number of nitrogens with one attached hydrogen (secondary N) is 2. The number of rotatable bonds is 4. The van der Waals surface area contributed by atoms with Crippen molar-refractivity contribution in [3.8, 4) is 0 Å². The van der Waals surface area contributed by atoms with Crippen LogP contribution >= 0.6 is 12.4 Å². The van der Waals surface area contributed by atoms with Crippen molar-refractivity contribution in [3.05, 3.63) is 46.4 Å². The van der Waals surface area contributed by atoms with Gasteiger partial charge in [0, 0.05) is 18.0 Å². The molecule has 0 saturated carbocycles. The van der Waals surface area contributed by atoms with E-state index in [0.717, 1.165) is 44.3 Å². The highest BCUT2D eigenvalue weighted by Crippen LogP contribution is 2.17. The Morgan fingerprint density at radius 3 is 2.67 bits per heavy atom. The summed E-state index contributed by atoms with van der Waals surface area (Å²) in [6, 6.07) is 9.40. The summed E-state index contributed by atoms with van der Waals surface area (Å²) >= 11 is 0. The van der Waals surface area contributed by atoms with E-state index in [0.29, 0.717) is 11.1 Å². The molecule has 3 rings (SSSR count). The Balaban J connectivity index is 0.00000208. The van der Waals surface area contributed by atoms with Crippen LogP contribution in [0.2, 0.25) is 0 Å². The van der Waals surface area contributed by atoms with Gasteiger partial charge in [-0.05, 0) is 49.9 Å². The normalized spacial score (nSPS) is 15.0. The Kier molecular flexibility index (Phi) is 6.40. The highest BCUT2D eigenvalue weighted by atomic mass is 35.5. The largest absolute Gasteiger partial charge is 0.334 e. The van der Waals surface area contributed by atoms with Crippen molar-refractivity contribution < 1.29 is 4.79 Å². The molecule has 1 fully saturated rings. The lowest BCUT2D eigenvalue weighted by Gasteiger charge is -2.34. The van der Waals surface area contributed by atoms with Crippen molar-refractivity contribution >= 4 is 29.1 Å². The second-order valence-electron chi connectivity index (χ2n) is 6.08. The molecule has 130 valence electrons. The standard InChI is InChI=1S/C18H23N3O2.ClH/c1-2-11-21(14-7-9-19-10-8-14)18(23)16-12-13-5-3-4-6-15(13)17(22)20-16;/h3-6,12,14,19H,2,7-11H2,1H3,(H,20,22);1H. The third-order valence-electron chi connectivity index (χ3n) is 4.46. The zero-order valence-electron chi connectivity index (χ0n) is 13.9. The van der Waals surface area contributed by atoms with Crippen LogP contribution in [0.3, 0.4) is 0 Å². The molecule has 0 spiro atoms. The number of nitrogens with zero attached hydrogens (tertiary/aromatic N) is 1. The summed E-state index contributed by atoms with van der Waals surface area (Å²) in [6.07, 6.45) is 2.83.